The summed E-state index contributed by atoms with van der Waals surface area (Å²) in [6, 6.07) is 13.5. The molecule has 1 N–H and O–H groups in total. The van der Waals surface area contributed by atoms with Gasteiger partial charge in [0, 0.05) is 6.42 Å². The zero-order valence-electron chi connectivity index (χ0n) is 10.8. The van der Waals surface area contributed by atoms with Crippen LogP contribution >= 0.6 is 0 Å². The Morgan fingerprint density at radius 3 is 2.68 bits per heavy atom. The SMILES string of the molecule is CC=Cc1ccc2c(c1)C[C@H](c1ccc(O)cc1)O2. The summed E-state index contributed by atoms with van der Waals surface area (Å²) in [4.78, 5) is 0. The van der Waals surface area contributed by atoms with Gasteiger partial charge in [-0.25, -0.2) is 0 Å². The predicted octanol–water partition coefficient (Wildman–Crippen LogP) is 4.10. The molecule has 0 saturated heterocycles. The summed E-state index contributed by atoms with van der Waals surface area (Å²) in [6.45, 7) is 2.02. The quantitative estimate of drug-likeness (QED) is 0.871. The first kappa shape index (κ1) is 11.8. The molecule has 2 nitrogen and oxygen atoms in total. The van der Waals surface area contributed by atoms with Crippen molar-refractivity contribution < 1.29 is 9.84 Å². The third-order valence-corrected chi connectivity index (χ3v) is 3.38. The molecule has 0 aromatic heterocycles. The standard InChI is InChI=1S/C17H16O2/c1-2-3-12-4-9-16-14(10-12)11-17(19-16)13-5-7-15(18)8-6-13/h2-10,17-18H,11H2,1H3/t17-/m1/s1. The van der Waals surface area contributed by atoms with Crippen LogP contribution in [0.3, 0.4) is 0 Å². The Hall–Kier alpha value is -2.22. The molecule has 0 bridgehead atoms. The molecule has 1 aliphatic rings. The smallest absolute Gasteiger partial charge is 0.128 e. The third-order valence-electron chi connectivity index (χ3n) is 3.38. The summed E-state index contributed by atoms with van der Waals surface area (Å²) in [6.07, 6.45) is 5.06. The number of fused-ring (bicyclic) bond motifs is 1. The highest BCUT2D eigenvalue weighted by atomic mass is 16.5. The van der Waals surface area contributed by atoms with Crippen LogP contribution in [0.15, 0.2) is 48.5 Å². The van der Waals surface area contributed by atoms with Crippen molar-refractivity contribution in [3.05, 3.63) is 65.2 Å². The maximum atomic E-state index is 9.32. The number of aromatic hydroxyl groups is 1. The second-order valence-corrected chi connectivity index (χ2v) is 4.77. The fraction of sp³-hybridized carbons (Fsp3) is 0.176. The molecular weight excluding hydrogens is 236 g/mol. The van der Waals surface area contributed by atoms with Gasteiger partial charge in [0.15, 0.2) is 0 Å². The van der Waals surface area contributed by atoms with E-state index in [2.05, 4.69) is 18.2 Å². The van der Waals surface area contributed by atoms with Crippen LogP contribution in [0.4, 0.5) is 0 Å². The number of phenolic OH excluding ortho intramolecular Hbond substituents is 1. The average Bonchev–Trinajstić information content (AvgIpc) is 2.83. The molecule has 96 valence electrons. The van der Waals surface area contributed by atoms with E-state index < -0.39 is 0 Å². The minimum absolute atomic E-state index is 0.0523. The number of hydrogen-bond acceptors (Lipinski definition) is 2. The molecule has 19 heavy (non-hydrogen) atoms. The fourth-order valence-electron chi connectivity index (χ4n) is 2.44. The second-order valence-electron chi connectivity index (χ2n) is 4.77. The van der Waals surface area contributed by atoms with Gasteiger partial charge < -0.3 is 9.84 Å². The molecule has 2 aromatic rings. The monoisotopic (exact) mass is 252 g/mol. The summed E-state index contributed by atoms with van der Waals surface area (Å²) in [7, 11) is 0. The van der Waals surface area contributed by atoms with E-state index in [1.807, 2.05) is 31.2 Å². The first-order valence-corrected chi connectivity index (χ1v) is 6.47. The highest BCUT2D eigenvalue weighted by Crippen LogP contribution is 2.37. The van der Waals surface area contributed by atoms with E-state index >= 15 is 0 Å². The van der Waals surface area contributed by atoms with Crippen molar-refractivity contribution in [1.29, 1.82) is 0 Å². The van der Waals surface area contributed by atoms with Gasteiger partial charge in [0.25, 0.3) is 0 Å². The molecule has 0 saturated carbocycles. The van der Waals surface area contributed by atoms with Crippen LogP contribution in [0.5, 0.6) is 11.5 Å². The zero-order valence-corrected chi connectivity index (χ0v) is 10.8. The Balaban J connectivity index is 1.85. The van der Waals surface area contributed by atoms with Gasteiger partial charge in [0.1, 0.15) is 17.6 Å². The Bertz CT molecular complexity index is 612. The van der Waals surface area contributed by atoms with Crippen molar-refractivity contribution in [2.75, 3.05) is 0 Å². The summed E-state index contributed by atoms with van der Waals surface area (Å²) in [5.41, 5.74) is 3.55. The number of allylic oxidation sites excluding steroid dienone is 1. The fourth-order valence-corrected chi connectivity index (χ4v) is 2.44. The number of benzene rings is 2. The van der Waals surface area contributed by atoms with Crippen LogP contribution in [0.1, 0.15) is 29.7 Å². The number of phenols is 1. The molecule has 0 radical (unpaired) electrons. The van der Waals surface area contributed by atoms with Gasteiger partial charge in [0.2, 0.25) is 0 Å². The summed E-state index contributed by atoms with van der Waals surface area (Å²) in [5, 5.41) is 9.32. The minimum atomic E-state index is 0.0523. The normalized spacial score (nSPS) is 17.4. The maximum absolute atomic E-state index is 9.32. The molecule has 0 unspecified atom stereocenters. The largest absolute Gasteiger partial charge is 0.508 e. The Morgan fingerprint density at radius 1 is 1.16 bits per heavy atom. The number of hydrogen-bond donors (Lipinski definition) is 1. The van der Waals surface area contributed by atoms with Crippen LogP contribution in [0, 0.1) is 0 Å². The predicted molar refractivity (Wildman–Crippen MR) is 76.3 cm³/mol. The first-order chi connectivity index (χ1) is 9.26. The molecule has 0 fully saturated rings. The van der Waals surface area contributed by atoms with Crippen molar-refractivity contribution in [3.8, 4) is 11.5 Å². The van der Waals surface area contributed by atoms with E-state index in [1.54, 1.807) is 12.1 Å². The van der Waals surface area contributed by atoms with Crippen molar-refractivity contribution in [3.63, 3.8) is 0 Å². The van der Waals surface area contributed by atoms with Crippen LogP contribution in [-0.4, -0.2) is 5.11 Å². The van der Waals surface area contributed by atoms with Gasteiger partial charge in [-0.3, -0.25) is 0 Å². The Kier molecular flexibility index (Phi) is 3.00. The summed E-state index contributed by atoms with van der Waals surface area (Å²) < 4.78 is 5.96. The lowest BCUT2D eigenvalue weighted by atomic mass is 10.0. The molecule has 1 atom stereocenters. The molecule has 0 amide bonds. The Morgan fingerprint density at radius 2 is 1.95 bits per heavy atom. The molecule has 0 aliphatic carbocycles. The molecule has 3 rings (SSSR count). The maximum Gasteiger partial charge on any atom is 0.128 e. The lowest BCUT2D eigenvalue weighted by Crippen LogP contribution is -2.02. The van der Waals surface area contributed by atoms with Crippen molar-refractivity contribution in [1.82, 2.24) is 0 Å². The van der Waals surface area contributed by atoms with E-state index in [0.717, 1.165) is 17.7 Å². The van der Waals surface area contributed by atoms with E-state index in [9.17, 15) is 5.11 Å². The topological polar surface area (TPSA) is 29.5 Å². The average molecular weight is 252 g/mol. The first-order valence-electron chi connectivity index (χ1n) is 6.47. The van der Waals surface area contributed by atoms with Gasteiger partial charge in [-0.2, -0.15) is 0 Å². The summed E-state index contributed by atoms with van der Waals surface area (Å²) >= 11 is 0. The number of ether oxygens (including phenoxy) is 1. The Labute approximate surface area is 113 Å². The molecule has 1 aliphatic heterocycles. The highest BCUT2D eigenvalue weighted by Gasteiger charge is 2.24. The van der Waals surface area contributed by atoms with E-state index in [0.29, 0.717) is 0 Å². The second kappa shape index (κ2) is 4.81. The highest BCUT2D eigenvalue weighted by molar-refractivity contribution is 5.54. The van der Waals surface area contributed by atoms with Crippen LogP contribution in [0.25, 0.3) is 6.08 Å². The van der Waals surface area contributed by atoms with E-state index in [-0.39, 0.29) is 11.9 Å². The van der Waals surface area contributed by atoms with E-state index in [4.69, 9.17) is 4.74 Å². The molecule has 0 spiro atoms. The lowest BCUT2D eigenvalue weighted by molar-refractivity contribution is 0.238. The van der Waals surface area contributed by atoms with Gasteiger partial charge >= 0.3 is 0 Å². The van der Waals surface area contributed by atoms with Crippen LogP contribution in [-0.2, 0) is 6.42 Å². The summed E-state index contributed by atoms with van der Waals surface area (Å²) in [5.74, 6) is 1.25. The van der Waals surface area contributed by atoms with Gasteiger partial charge in [-0.05, 0) is 47.9 Å². The van der Waals surface area contributed by atoms with Gasteiger partial charge in [-0.15, -0.1) is 0 Å². The zero-order chi connectivity index (χ0) is 13.2. The molecule has 1 heterocycles. The van der Waals surface area contributed by atoms with Gasteiger partial charge in [0.05, 0.1) is 0 Å². The minimum Gasteiger partial charge on any atom is -0.508 e. The lowest BCUT2D eigenvalue weighted by Gasteiger charge is -2.10. The molecule has 2 aromatic carbocycles. The van der Waals surface area contributed by atoms with Crippen LogP contribution < -0.4 is 4.74 Å². The molecular formula is C17H16O2. The van der Waals surface area contributed by atoms with E-state index in [1.165, 1.54) is 11.1 Å². The third kappa shape index (κ3) is 2.34. The van der Waals surface area contributed by atoms with Crippen molar-refractivity contribution in [2.24, 2.45) is 0 Å². The van der Waals surface area contributed by atoms with Crippen molar-refractivity contribution >= 4 is 6.08 Å². The van der Waals surface area contributed by atoms with Gasteiger partial charge in [-0.1, -0.05) is 30.4 Å². The van der Waals surface area contributed by atoms with Crippen molar-refractivity contribution in [2.45, 2.75) is 19.4 Å². The van der Waals surface area contributed by atoms with Crippen LogP contribution in [0.2, 0.25) is 0 Å². The molecule has 2 heteroatoms. The number of rotatable bonds is 2.